The maximum Gasteiger partial charge on any atom is 0.346 e. The lowest BCUT2D eigenvalue weighted by Crippen LogP contribution is -2.01. The van der Waals surface area contributed by atoms with E-state index < -0.39 is 11.9 Å². The molecule has 1 aliphatic carbocycles. The molecule has 1 heterocycles. The smallest absolute Gasteiger partial charge is 0.346 e. The van der Waals surface area contributed by atoms with Crippen LogP contribution in [0.2, 0.25) is 0 Å². The minimum atomic E-state index is -0.943. The Morgan fingerprint density at radius 3 is 2.25 bits per heavy atom. The molecular weight excluding hydrogens is 228 g/mol. The monoisotopic (exact) mass is 238 g/mol. The number of allylic oxidation sites excluding steroid dienone is 1. The van der Waals surface area contributed by atoms with E-state index in [9.17, 15) is 9.59 Å². The van der Waals surface area contributed by atoms with Crippen molar-refractivity contribution in [3.8, 4) is 0 Å². The van der Waals surface area contributed by atoms with Crippen LogP contribution in [-0.4, -0.2) is 22.2 Å². The Bertz CT molecular complexity index is 536. The molecule has 1 aromatic rings. The van der Waals surface area contributed by atoms with Gasteiger partial charge in [-0.2, -0.15) is 0 Å². The van der Waals surface area contributed by atoms with Crippen LogP contribution in [0.15, 0.2) is 5.57 Å². The zero-order valence-corrected chi connectivity index (χ0v) is 9.64. The molecule has 0 radical (unpaired) electrons. The van der Waals surface area contributed by atoms with E-state index in [0.717, 1.165) is 10.4 Å². The molecule has 0 fully saturated rings. The molecule has 4 nitrogen and oxygen atoms in total. The molecule has 0 saturated heterocycles. The summed E-state index contributed by atoms with van der Waals surface area (Å²) in [6, 6.07) is 0. The summed E-state index contributed by atoms with van der Waals surface area (Å²) in [4.78, 5) is 23.0. The third-order valence-electron chi connectivity index (χ3n) is 2.84. The first-order chi connectivity index (χ1) is 7.43. The van der Waals surface area contributed by atoms with Crippen molar-refractivity contribution < 1.29 is 19.8 Å². The zero-order chi connectivity index (χ0) is 12.0. The van der Waals surface area contributed by atoms with Gasteiger partial charge in [-0.3, -0.25) is 0 Å². The summed E-state index contributed by atoms with van der Waals surface area (Å²) in [5, 5.41) is 17.9. The summed E-state index contributed by atoms with van der Waals surface area (Å²) >= 11 is 1.18. The van der Waals surface area contributed by atoms with Crippen molar-refractivity contribution in [1.82, 2.24) is 0 Å². The van der Waals surface area contributed by atoms with Gasteiger partial charge in [0.25, 0.3) is 0 Å². The Morgan fingerprint density at radius 2 is 1.81 bits per heavy atom. The van der Waals surface area contributed by atoms with Crippen molar-refractivity contribution in [3.63, 3.8) is 0 Å². The van der Waals surface area contributed by atoms with E-state index in [0.29, 0.717) is 28.0 Å². The molecule has 0 unspecified atom stereocenters. The van der Waals surface area contributed by atoms with E-state index in [-0.39, 0.29) is 0 Å². The van der Waals surface area contributed by atoms with Gasteiger partial charge in [0, 0.05) is 16.9 Å². The van der Waals surface area contributed by atoms with E-state index in [1.165, 1.54) is 11.3 Å². The molecule has 0 spiro atoms. The molecule has 2 rings (SSSR count). The molecule has 0 aromatic carbocycles. The lowest BCUT2D eigenvalue weighted by molar-refractivity contribution is -0.132. The first-order valence-electron chi connectivity index (χ1n) is 4.72. The number of rotatable bonds is 2. The zero-order valence-electron chi connectivity index (χ0n) is 8.83. The number of aliphatic carboxylic acids is 1. The highest BCUT2D eigenvalue weighted by Gasteiger charge is 2.29. The average molecular weight is 238 g/mol. The van der Waals surface area contributed by atoms with E-state index >= 15 is 0 Å². The fourth-order valence-corrected chi connectivity index (χ4v) is 3.29. The van der Waals surface area contributed by atoms with E-state index in [1.54, 1.807) is 13.8 Å². The van der Waals surface area contributed by atoms with Crippen molar-refractivity contribution in [2.75, 3.05) is 0 Å². The van der Waals surface area contributed by atoms with Gasteiger partial charge in [0.1, 0.15) is 4.88 Å². The minimum absolute atomic E-state index is 0.314. The maximum absolute atomic E-state index is 10.9. The Morgan fingerprint density at radius 1 is 1.19 bits per heavy atom. The predicted octanol–water partition coefficient (Wildman–Crippen LogP) is 2.17. The Labute approximate surface area is 95.8 Å². The summed E-state index contributed by atoms with van der Waals surface area (Å²) in [6.45, 7) is 3.47. The number of carbonyl (C=O) groups is 2. The van der Waals surface area contributed by atoms with Gasteiger partial charge in [-0.05, 0) is 30.5 Å². The predicted molar refractivity (Wildman–Crippen MR) is 59.9 cm³/mol. The SMILES string of the molecule is CC1=C(C(=O)O)Cc2sc(C(=O)O)c(C)c21. The average Bonchev–Trinajstić information content (AvgIpc) is 2.66. The third-order valence-corrected chi connectivity index (χ3v) is 4.12. The molecule has 1 aliphatic rings. The molecule has 2 N–H and O–H groups in total. The molecular formula is C11H10O4S. The molecule has 0 aliphatic heterocycles. The normalized spacial score (nSPS) is 14.1. The van der Waals surface area contributed by atoms with Gasteiger partial charge in [0.2, 0.25) is 0 Å². The lowest BCUT2D eigenvalue weighted by atomic mass is 10.1. The van der Waals surface area contributed by atoms with Gasteiger partial charge < -0.3 is 10.2 Å². The lowest BCUT2D eigenvalue weighted by Gasteiger charge is -1.99. The maximum atomic E-state index is 10.9. The molecule has 0 atom stereocenters. The number of hydrogen-bond donors (Lipinski definition) is 2. The second kappa shape index (κ2) is 3.45. The van der Waals surface area contributed by atoms with Crippen molar-refractivity contribution in [2.24, 2.45) is 0 Å². The van der Waals surface area contributed by atoms with Crippen LogP contribution in [0.1, 0.15) is 32.6 Å². The van der Waals surface area contributed by atoms with Gasteiger partial charge in [0.15, 0.2) is 0 Å². The first kappa shape index (κ1) is 10.9. The number of hydrogen-bond acceptors (Lipinski definition) is 3. The van der Waals surface area contributed by atoms with Crippen molar-refractivity contribution in [3.05, 3.63) is 26.5 Å². The Hall–Kier alpha value is -1.62. The largest absolute Gasteiger partial charge is 0.478 e. The van der Waals surface area contributed by atoms with Crippen LogP contribution in [0, 0.1) is 6.92 Å². The highest BCUT2D eigenvalue weighted by molar-refractivity contribution is 7.14. The van der Waals surface area contributed by atoms with E-state index in [1.807, 2.05) is 0 Å². The second-order valence-corrected chi connectivity index (χ2v) is 4.85. The summed E-state index contributed by atoms with van der Waals surface area (Å²) < 4.78 is 0. The minimum Gasteiger partial charge on any atom is -0.478 e. The number of carboxylic acid groups (broad SMARTS) is 2. The number of fused-ring (bicyclic) bond motifs is 1. The fraction of sp³-hybridized carbons (Fsp3) is 0.273. The molecule has 0 bridgehead atoms. The highest BCUT2D eigenvalue weighted by Crippen LogP contribution is 2.41. The van der Waals surface area contributed by atoms with Gasteiger partial charge in [0.05, 0.1) is 0 Å². The Kier molecular flexibility index (Phi) is 2.35. The third kappa shape index (κ3) is 1.36. The van der Waals surface area contributed by atoms with Crippen LogP contribution >= 0.6 is 11.3 Å². The molecule has 0 saturated carbocycles. The summed E-state index contributed by atoms with van der Waals surface area (Å²) in [7, 11) is 0. The van der Waals surface area contributed by atoms with Crippen molar-refractivity contribution in [2.45, 2.75) is 20.3 Å². The molecule has 16 heavy (non-hydrogen) atoms. The number of aromatic carboxylic acids is 1. The van der Waals surface area contributed by atoms with E-state index in [4.69, 9.17) is 10.2 Å². The topological polar surface area (TPSA) is 74.6 Å². The summed E-state index contributed by atoms with van der Waals surface area (Å²) in [5.74, 6) is -1.86. The standard InChI is InChI=1S/C11H10O4S/c1-4-6(10(12)13)3-7-8(4)5(2)9(16-7)11(14)15/h3H2,1-2H3,(H,12,13)(H,14,15). The van der Waals surface area contributed by atoms with E-state index in [2.05, 4.69) is 0 Å². The van der Waals surface area contributed by atoms with Crippen LogP contribution in [0.3, 0.4) is 0 Å². The number of carboxylic acids is 2. The quantitative estimate of drug-likeness (QED) is 0.828. The fourth-order valence-electron chi connectivity index (χ4n) is 2.07. The van der Waals surface area contributed by atoms with Crippen LogP contribution < -0.4 is 0 Å². The summed E-state index contributed by atoms with van der Waals surface area (Å²) in [6.07, 6.45) is 0.343. The van der Waals surface area contributed by atoms with Gasteiger partial charge >= 0.3 is 11.9 Å². The number of thiophene rings is 1. The molecule has 0 amide bonds. The van der Waals surface area contributed by atoms with Crippen LogP contribution in [0.25, 0.3) is 5.57 Å². The van der Waals surface area contributed by atoms with Gasteiger partial charge in [-0.25, -0.2) is 9.59 Å². The molecule has 84 valence electrons. The van der Waals surface area contributed by atoms with Gasteiger partial charge in [-0.15, -0.1) is 11.3 Å². The van der Waals surface area contributed by atoms with Crippen molar-refractivity contribution in [1.29, 1.82) is 0 Å². The van der Waals surface area contributed by atoms with Crippen LogP contribution in [0.4, 0.5) is 0 Å². The second-order valence-electron chi connectivity index (χ2n) is 3.74. The van der Waals surface area contributed by atoms with Crippen LogP contribution in [0.5, 0.6) is 0 Å². The molecule has 5 heteroatoms. The Balaban J connectivity index is 2.60. The molecule has 1 aromatic heterocycles. The van der Waals surface area contributed by atoms with Crippen LogP contribution in [-0.2, 0) is 11.2 Å². The van der Waals surface area contributed by atoms with Crippen molar-refractivity contribution >= 4 is 28.8 Å². The first-order valence-corrected chi connectivity index (χ1v) is 5.54. The van der Waals surface area contributed by atoms with Gasteiger partial charge in [-0.1, -0.05) is 0 Å². The summed E-state index contributed by atoms with van der Waals surface area (Å²) in [5.41, 5.74) is 2.58. The highest BCUT2D eigenvalue weighted by atomic mass is 32.1.